The SMILES string of the molecule is CC(C)(C)Cc1ccccc1-c1ccc(Br)s1. The van der Waals surface area contributed by atoms with Crippen molar-refractivity contribution in [3.05, 3.63) is 45.7 Å². The molecule has 1 heterocycles. The quantitative estimate of drug-likeness (QED) is 0.661. The molecule has 0 saturated carbocycles. The van der Waals surface area contributed by atoms with Gasteiger partial charge in [0, 0.05) is 4.88 Å². The Balaban J connectivity index is 2.41. The molecule has 0 saturated heterocycles. The second-order valence-corrected chi connectivity index (χ2v) is 7.96. The van der Waals surface area contributed by atoms with Gasteiger partial charge in [0.25, 0.3) is 0 Å². The van der Waals surface area contributed by atoms with E-state index in [-0.39, 0.29) is 0 Å². The summed E-state index contributed by atoms with van der Waals surface area (Å²) >= 11 is 5.33. The van der Waals surface area contributed by atoms with Gasteiger partial charge in [-0.05, 0) is 51.0 Å². The van der Waals surface area contributed by atoms with Gasteiger partial charge in [-0.2, -0.15) is 0 Å². The second kappa shape index (κ2) is 4.95. The molecule has 1 aromatic carbocycles. The first-order valence-corrected chi connectivity index (χ1v) is 7.40. The Morgan fingerprint density at radius 1 is 1.06 bits per heavy atom. The first kappa shape index (κ1) is 12.8. The third-order valence-corrected chi connectivity index (χ3v) is 4.23. The summed E-state index contributed by atoms with van der Waals surface area (Å²) in [5.74, 6) is 0. The van der Waals surface area contributed by atoms with Crippen molar-refractivity contribution in [3.63, 3.8) is 0 Å². The van der Waals surface area contributed by atoms with Crippen LogP contribution in [0.15, 0.2) is 40.2 Å². The third-order valence-electron chi connectivity index (χ3n) is 2.58. The van der Waals surface area contributed by atoms with E-state index in [2.05, 4.69) is 73.1 Å². The smallest absolute Gasteiger partial charge is 0.0705 e. The number of thiophene rings is 1. The van der Waals surface area contributed by atoms with Gasteiger partial charge in [0.1, 0.15) is 0 Å². The average molecular weight is 309 g/mol. The molecule has 0 fully saturated rings. The Kier molecular flexibility index (Phi) is 3.74. The molecule has 0 nitrogen and oxygen atoms in total. The van der Waals surface area contributed by atoms with Gasteiger partial charge in [0.2, 0.25) is 0 Å². The molecule has 2 rings (SSSR count). The van der Waals surface area contributed by atoms with E-state index in [9.17, 15) is 0 Å². The molecule has 0 aliphatic carbocycles. The minimum atomic E-state index is 0.324. The van der Waals surface area contributed by atoms with Crippen molar-refractivity contribution in [2.75, 3.05) is 0 Å². The fourth-order valence-corrected chi connectivity index (χ4v) is 3.39. The highest BCUT2D eigenvalue weighted by atomic mass is 79.9. The summed E-state index contributed by atoms with van der Waals surface area (Å²) in [6.45, 7) is 6.86. The minimum absolute atomic E-state index is 0.324. The Labute approximate surface area is 116 Å². The normalized spacial score (nSPS) is 11.8. The molecule has 0 amide bonds. The van der Waals surface area contributed by atoms with E-state index in [4.69, 9.17) is 0 Å². The summed E-state index contributed by atoms with van der Waals surface area (Å²) in [6.07, 6.45) is 1.11. The molecule has 1 aromatic heterocycles. The zero-order valence-corrected chi connectivity index (χ0v) is 12.9. The zero-order chi connectivity index (χ0) is 12.5. The summed E-state index contributed by atoms with van der Waals surface area (Å²) in [5, 5.41) is 0. The number of rotatable bonds is 2. The van der Waals surface area contributed by atoms with Gasteiger partial charge >= 0.3 is 0 Å². The molecule has 0 atom stereocenters. The van der Waals surface area contributed by atoms with Crippen molar-refractivity contribution < 1.29 is 0 Å². The van der Waals surface area contributed by atoms with Crippen LogP contribution in [-0.2, 0) is 6.42 Å². The van der Waals surface area contributed by atoms with Crippen LogP contribution in [0, 0.1) is 5.41 Å². The molecule has 2 aromatic rings. The van der Waals surface area contributed by atoms with Gasteiger partial charge < -0.3 is 0 Å². The maximum atomic E-state index is 3.53. The van der Waals surface area contributed by atoms with Gasteiger partial charge in [0.15, 0.2) is 0 Å². The van der Waals surface area contributed by atoms with Crippen LogP contribution in [-0.4, -0.2) is 0 Å². The zero-order valence-electron chi connectivity index (χ0n) is 10.5. The molecule has 0 aliphatic rings. The highest BCUT2D eigenvalue weighted by molar-refractivity contribution is 9.11. The van der Waals surface area contributed by atoms with Gasteiger partial charge in [-0.3, -0.25) is 0 Å². The largest absolute Gasteiger partial charge is 0.128 e. The number of halogens is 1. The van der Waals surface area contributed by atoms with Crippen molar-refractivity contribution in [1.82, 2.24) is 0 Å². The van der Waals surface area contributed by atoms with Crippen molar-refractivity contribution >= 4 is 27.3 Å². The number of hydrogen-bond donors (Lipinski definition) is 0. The molecule has 90 valence electrons. The Hall–Kier alpha value is -0.600. The van der Waals surface area contributed by atoms with Crippen LogP contribution in [0.4, 0.5) is 0 Å². The minimum Gasteiger partial charge on any atom is -0.128 e. The topological polar surface area (TPSA) is 0 Å². The van der Waals surface area contributed by atoms with Gasteiger partial charge in [0.05, 0.1) is 3.79 Å². The molecule has 0 aliphatic heterocycles. The summed E-state index contributed by atoms with van der Waals surface area (Å²) < 4.78 is 1.19. The summed E-state index contributed by atoms with van der Waals surface area (Å²) in [7, 11) is 0. The lowest BCUT2D eigenvalue weighted by atomic mass is 9.86. The van der Waals surface area contributed by atoms with E-state index < -0.39 is 0 Å². The Morgan fingerprint density at radius 3 is 2.35 bits per heavy atom. The van der Waals surface area contributed by atoms with Crippen LogP contribution < -0.4 is 0 Å². The highest BCUT2D eigenvalue weighted by Crippen LogP contribution is 2.35. The molecule has 0 unspecified atom stereocenters. The van der Waals surface area contributed by atoms with E-state index in [1.54, 1.807) is 11.3 Å². The lowest BCUT2D eigenvalue weighted by Crippen LogP contribution is -2.09. The monoisotopic (exact) mass is 308 g/mol. The molecule has 0 spiro atoms. The summed E-state index contributed by atoms with van der Waals surface area (Å²) in [5.41, 5.74) is 3.14. The first-order valence-electron chi connectivity index (χ1n) is 5.79. The summed E-state index contributed by atoms with van der Waals surface area (Å²) in [4.78, 5) is 1.34. The second-order valence-electron chi connectivity index (χ2n) is 5.50. The van der Waals surface area contributed by atoms with E-state index in [1.807, 2.05) is 0 Å². The van der Waals surface area contributed by atoms with E-state index in [1.165, 1.54) is 19.8 Å². The molecule has 0 N–H and O–H groups in total. The molecule has 0 bridgehead atoms. The Bertz CT molecular complexity index is 506. The predicted octanol–water partition coefficient (Wildman–Crippen LogP) is 5.77. The van der Waals surface area contributed by atoms with Crippen molar-refractivity contribution in [2.24, 2.45) is 5.41 Å². The fraction of sp³-hybridized carbons (Fsp3) is 0.333. The van der Waals surface area contributed by atoms with Crippen LogP contribution >= 0.6 is 27.3 Å². The van der Waals surface area contributed by atoms with Gasteiger partial charge in [-0.15, -0.1) is 11.3 Å². The molecular formula is C15H17BrS. The first-order chi connectivity index (χ1) is 7.96. The maximum Gasteiger partial charge on any atom is 0.0705 e. The lowest BCUT2D eigenvalue weighted by Gasteiger charge is -2.20. The van der Waals surface area contributed by atoms with E-state index in [0.717, 1.165) is 6.42 Å². The van der Waals surface area contributed by atoms with Gasteiger partial charge in [-0.25, -0.2) is 0 Å². The van der Waals surface area contributed by atoms with Crippen LogP contribution in [0.25, 0.3) is 10.4 Å². The average Bonchev–Trinajstić information content (AvgIpc) is 2.63. The van der Waals surface area contributed by atoms with E-state index >= 15 is 0 Å². The van der Waals surface area contributed by atoms with Gasteiger partial charge in [-0.1, -0.05) is 45.0 Å². The summed E-state index contributed by atoms with van der Waals surface area (Å²) in [6, 6.07) is 13.0. The third kappa shape index (κ3) is 3.43. The van der Waals surface area contributed by atoms with Crippen LogP contribution in [0.2, 0.25) is 0 Å². The van der Waals surface area contributed by atoms with E-state index in [0.29, 0.717) is 5.41 Å². The lowest BCUT2D eigenvalue weighted by molar-refractivity contribution is 0.412. The van der Waals surface area contributed by atoms with Crippen LogP contribution in [0.3, 0.4) is 0 Å². The molecule has 0 radical (unpaired) electrons. The highest BCUT2D eigenvalue weighted by Gasteiger charge is 2.15. The van der Waals surface area contributed by atoms with Crippen LogP contribution in [0.5, 0.6) is 0 Å². The van der Waals surface area contributed by atoms with Crippen molar-refractivity contribution in [1.29, 1.82) is 0 Å². The molecular weight excluding hydrogens is 292 g/mol. The van der Waals surface area contributed by atoms with Crippen LogP contribution in [0.1, 0.15) is 26.3 Å². The molecule has 2 heteroatoms. The number of benzene rings is 1. The van der Waals surface area contributed by atoms with Crippen molar-refractivity contribution in [2.45, 2.75) is 27.2 Å². The Morgan fingerprint density at radius 2 is 1.76 bits per heavy atom. The molecule has 17 heavy (non-hydrogen) atoms. The predicted molar refractivity (Wildman–Crippen MR) is 80.6 cm³/mol. The van der Waals surface area contributed by atoms with Crippen molar-refractivity contribution in [3.8, 4) is 10.4 Å². The maximum absolute atomic E-state index is 3.53. The number of hydrogen-bond acceptors (Lipinski definition) is 1. The fourth-order valence-electron chi connectivity index (χ4n) is 1.95. The standard InChI is InChI=1S/C15H17BrS/c1-15(2,3)10-11-6-4-5-7-12(11)13-8-9-14(16)17-13/h4-9H,10H2,1-3H3.